The molecule has 1 aromatic rings. The van der Waals surface area contributed by atoms with Crippen molar-refractivity contribution in [2.24, 2.45) is 0 Å². The third-order valence-electron chi connectivity index (χ3n) is 2.84. The van der Waals surface area contributed by atoms with Gasteiger partial charge < -0.3 is 5.11 Å². The van der Waals surface area contributed by atoms with Gasteiger partial charge in [-0.05, 0) is 12.1 Å². The molecule has 0 spiro atoms. The Labute approximate surface area is 140 Å². The molecule has 0 amide bonds. The lowest BCUT2D eigenvalue weighted by Crippen LogP contribution is -2.61. The first kappa shape index (κ1) is 22.9. The Bertz CT molecular complexity index is 723. The molecule has 1 unspecified atom stereocenters. The van der Waals surface area contributed by atoms with E-state index < -0.39 is 53.2 Å². The van der Waals surface area contributed by atoms with Gasteiger partial charge in [0.25, 0.3) is 0 Å². The van der Waals surface area contributed by atoms with Crippen molar-refractivity contribution in [3.05, 3.63) is 29.6 Å². The van der Waals surface area contributed by atoms with Gasteiger partial charge in [0.05, 0.1) is 5.56 Å². The Morgan fingerprint density at radius 2 is 1.33 bits per heavy atom. The summed E-state index contributed by atoms with van der Waals surface area (Å²) in [6, 6.07) is 0.110. The minimum Gasteiger partial charge on any atom is -0.508 e. The molecule has 1 aromatic carbocycles. The third kappa shape index (κ3) is 3.91. The number of hydrogen-bond donors (Lipinski definition) is 1. The summed E-state index contributed by atoms with van der Waals surface area (Å²) in [7, 11) is 0. The lowest BCUT2D eigenvalue weighted by molar-refractivity contribution is -0.470. The highest BCUT2D eigenvalue weighted by Gasteiger charge is 2.79. The first-order chi connectivity index (χ1) is 11.8. The van der Waals surface area contributed by atoms with Crippen molar-refractivity contribution in [1.29, 1.82) is 0 Å². The van der Waals surface area contributed by atoms with Gasteiger partial charge in [-0.15, -0.1) is 0 Å². The number of Topliss-reactive ketones (excluding diaryl/α,β-unsaturated/α-hetero) is 1. The largest absolute Gasteiger partial charge is 0.508 e. The third-order valence-corrected chi connectivity index (χ3v) is 2.84. The molecule has 1 N–H and O–H groups in total. The van der Waals surface area contributed by atoms with Gasteiger partial charge in [0.15, 0.2) is 0 Å². The SMILES string of the molecule is O=C(c1ccc(O)cc1F)C(F)(OC(F)(F)C(F)(F)C(F)(F)F)C(F)(F)F. The molecule has 154 valence electrons. The number of carbonyl (C=O) groups is 1. The van der Waals surface area contributed by atoms with E-state index in [9.17, 15) is 57.5 Å². The average Bonchev–Trinajstić information content (AvgIpc) is 2.43. The van der Waals surface area contributed by atoms with Crippen molar-refractivity contribution in [3.8, 4) is 5.75 Å². The molecule has 0 aliphatic heterocycles. The zero-order valence-electron chi connectivity index (χ0n) is 12.0. The number of alkyl halides is 11. The standard InChI is InChI=1S/C12H4F12O3/c13-6-3-4(25)1-2-5(6)7(26)8(14,10(17,18)19)27-12(23,24)9(15,16)11(20,21)22/h1-3,25H. The molecule has 0 aliphatic rings. The summed E-state index contributed by atoms with van der Waals surface area (Å²) < 4.78 is 155. The number of ether oxygens (including phenoxy) is 1. The number of hydrogen-bond acceptors (Lipinski definition) is 3. The summed E-state index contributed by atoms with van der Waals surface area (Å²) in [6.07, 6.45) is -21.4. The Balaban J connectivity index is 3.51. The van der Waals surface area contributed by atoms with E-state index >= 15 is 0 Å². The summed E-state index contributed by atoms with van der Waals surface area (Å²) >= 11 is 0. The van der Waals surface area contributed by atoms with Gasteiger partial charge in [-0.1, -0.05) is 0 Å². The molecule has 0 aromatic heterocycles. The van der Waals surface area contributed by atoms with Crippen LogP contribution < -0.4 is 0 Å². The maximum absolute atomic E-state index is 14.0. The van der Waals surface area contributed by atoms with Crippen LogP contribution in [0, 0.1) is 5.82 Å². The van der Waals surface area contributed by atoms with Crippen LogP contribution in [0.1, 0.15) is 10.4 Å². The Hall–Kier alpha value is -2.19. The molecule has 0 bridgehead atoms. The Morgan fingerprint density at radius 1 is 0.852 bits per heavy atom. The van der Waals surface area contributed by atoms with Crippen molar-refractivity contribution < 1.29 is 67.3 Å². The molecule has 27 heavy (non-hydrogen) atoms. The monoisotopic (exact) mass is 424 g/mol. The predicted octanol–water partition coefficient (Wildman–Crippen LogP) is 4.75. The Kier molecular flexibility index (Phi) is 5.46. The molecular formula is C12H4F12O3. The van der Waals surface area contributed by atoms with Crippen molar-refractivity contribution in [3.63, 3.8) is 0 Å². The van der Waals surface area contributed by atoms with Gasteiger partial charge in [-0.25, -0.2) is 4.39 Å². The number of carbonyl (C=O) groups excluding carboxylic acids is 1. The van der Waals surface area contributed by atoms with E-state index in [0.717, 1.165) is 0 Å². The van der Waals surface area contributed by atoms with Crippen LogP contribution in [0.2, 0.25) is 0 Å². The molecule has 1 atom stereocenters. The number of aromatic hydroxyl groups is 1. The molecule has 3 nitrogen and oxygen atoms in total. The first-order valence-electron chi connectivity index (χ1n) is 6.09. The topological polar surface area (TPSA) is 46.5 Å². The molecule has 0 saturated carbocycles. The molecule has 0 saturated heterocycles. The minimum absolute atomic E-state index is 0.0729. The summed E-state index contributed by atoms with van der Waals surface area (Å²) in [5, 5.41) is 8.82. The van der Waals surface area contributed by atoms with Gasteiger partial charge in [0.2, 0.25) is 5.78 Å². The van der Waals surface area contributed by atoms with Gasteiger partial charge >= 0.3 is 30.2 Å². The van der Waals surface area contributed by atoms with Crippen LogP contribution in [0.4, 0.5) is 52.7 Å². The quantitative estimate of drug-likeness (QED) is 0.549. The molecule has 15 heteroatoms. The Morgan fingerprint density at radius 3 is 1.70 bits per heavy atom. The highest BCUT2D eigenvalue weighted by atomic mass is 19.4. The summed E-state index contributed by atoms with van der Waals surface area (Å²) in [5.74, 6) is -20.4. The first-order valence-corrected chi connectivity index (χ1v) is 6.09. The molecule has 0 fully saturated rings. The molecule has 0 heterocycles. The second-order valence-electron chi connectivity index (χ2n) is 4.78. The number of ketones is 1. The fourth-order valence-corrected chi connectivity index (χ4v) is 1.50. The van der Waals surface area contributed by atoms with E-state index in [4.69, 9.17) is 5.11 Å². The van der Waals surface area contributed by atoms with Gasteiger partial charge in [-0.3, -0.25) is 9.53 Å². The number of halogens is 12. The number of benzene rings is 1. The van der Waals surface area contributed by atoms with Gasteiger partial charge in [-0.2, -0.15) is 48.3 Å². The molecule has 0 radical (unpaired) electrons. The van der Waals surface area contributed by atoms with E-state index in [-0.39, 0.29) is 18.2 Å². The smallest absolute Gasteiger partial charge is 0.462 e. The van der Waals surface area contributed by atoms with Crippen LogP contribution in [-0.2, 0) is 4.74 Å². The van der Waals surface area contributed by atoms with Crippen LogP contribution >= 0.6 is 0 Å². The van der Waals surface area contributed by atoms with E-state index in [1.807, 2.05) is 4.74 Å². The van der Waals surface area contributed by atoms with Gasteiger partial charge in [0, 0.05) is 6.07 Å². The normalized spacial score (nSPS) is 16.1. The average molecular weight is 424 g/mol. The van der Waals surface area contributed by atoms with E-state index in [0.29, 0.717) is 0 Å². The zero-order valence-corrected chi connectivity index (χ0v) is 12.0. The lowest BCUT2D eigenvalue weighted by atomic mass is 10.0. The maximum atomic E-state index is 14.0. The number of phenolic OH excluding ortho intramolecular Hbond substituents is 1. The van der Waals surface area contributed by atoms with Crippen molar-refractivity contribution in [2.75, 3.05) is 0 Å². The predicted molar refractivity (Wildman–Crippen MR) is 59.3 cm³/mol. The van der Waals surface area contributed by atoms with Crippen molar-refractivity contribution in [2.45, 2.75) is 30.2 Å². The number of phenols is 1. The van der Waals surface area contributed by atoms with Crippen LogP contribution in [0.5, 0.6) is 5.75 Å². The van der Waals surface area contributed by atoms with Gasteiger partial charge in [0.1, 0.15) is 11.6 Å². The molecule has 1 rings (SSSR count). The number of rotatable bonds is 5. The summed E-state index contributed by atoms with van der Waals surface area (Å²) in [4.78, 5) is 11.5. The molecular weight excluding hydrogens is 420 g/mol. The second kappa shape index (κ2) is 6.45. The summed E-state index contributed by atoms with van der Waals surface area (Å²) in [6.45, 7) is 0. The fourth-order valence-electron chi connectivity index (χ4n) is 1.50. The maximum Gasteiger partial charge on any atom is 0.462 e. The van der Waals surface area contributed by atoms with E-state index in [2.05, 4.69) is 0 Å². The van der Waals surface area contributed by atoms with Crippen LogP contribution in [0.3, 0.4) is 0 Å². The van der Waals surface area contributed by atoms with Crippen molar-refractivity contribution in [1.82, 2.24) is 0 Å². The second-order valence-corrected chi connectivity index (χ2v) is 4.78. The fraction of sp³-hybridized carbons (Fsp3) is 0.417. The van der Waals surface area contributed by atoms with Crippen LogP contribution in [-0.4, -0.2) is 41.1 Å². The van der Waals surface area contributed by atoms with Crippen molar-refractivity contribution >= 4 is 5.78 Å². The highest BCUT2D eigenvalue weighted by Crippen LogP contribution is 2.51. The van der Waals surface area contributed by atoms with E-state index in [1.54, 1.807) is 0 Å². The lowest BCUT2D eigenvalue weighted by Gasteiger charge is -2.34. The minimum atomic E-state index is -7.35. The van der Waals surface area contributed by atoms with Crippen LogP contribution in [0.25, 0.3) is 0 Å². The molecule has 0 aliphatic carbocycles. The zero-order chi connectivity index (χ0) is 21.6. The van der Waals surface area contributed by atoms with E-state index in [1.165, 1.54) is 0 Å². The highest BCUT2D eigenvalue weighted by molar-refractivity contribution is 6.02. The van der Waals surface area contributed by atoms with Crippen LogP contribution in [0.15, 0.2) is 18.2 Å². The summed E-state index contributed by atoms with van der Waals surface area (Å²) in [5.41, 5.74) is -2.03.